The van der Waals surface area contributed by atoms with Crippen molar-refractivity contribution in [2.45, 2.75) is 6.42 Å². The second-order valence-corrected chi connectivity index (χ2v) is 7.92. The molecule has 1 aromatic heterocycles. The van der Waals surface area contributed by atoms with Gasteiger partial charge in [0.2, 0.25) is 5.91 Å². The number of halogens is 1. The number of carbonyl (C=O) groups is 2. The third kappa shape index (κ3) is 3.69. The molecule has 1 N–H and O–H groups in total. The second kappa shape index (κ2) is 7.58. The van der Waals surface area contributed by atoms with E-state index >= 15 is 0 Å². The van der Waals surface area contributed by atoms with Crippen molar-refractivity contribution in [2.75, 3.05) is 11.9 Å². The average molecular weight is 410 g/mol. The van der Waals surface area contributed by atoms with Crippen molar-refractivity contribution in [1.82, 2.24) is 9.88 Å². The van der Waals surface area contributed by atoms with Gasteiger partial charge in [0.15, 0.2) is 5.13 Å². The summed E-state index contributed by atoms with van der Waals surface area (Å²) in [5, 5.41) is 3.95. The van der Waals surface area contributed by atoms with Crippen molar-refractivity contribution < 1.29 is 9.59 Å². The maximum atomic E-state index is 12.5. The lowest BCUT2D eigenvalue weighted by atomic mass is 10.1. The van der Waals surface area contributed by atoms with E-state index in [9.17, 15) is 9.59 Å². The molecule has 1 aliphatic heterocycles. The zero-order chi connectivity index (χ0) is 19.7. The van der Waals surface area contributed by atoms with Crippen LogP contribution in [0.2, 0.25) is 5.02 Å². The Morgan fingerprint density at radius 2 is 1.96 bits per heavy atom. The van der Waals surface area contributed by atoms with Crippen LogP contribution in [0.1, 0.15) is 26.4 Å². The Bertz CT molecular complexity index is 1060. The van der Waals surface area contributed by atoms with Gasteiger partial charge in [0, 0.05) is 39.3 Å². The van der Waals surface area contributed by atoms with Gasteiger partial charge in [0.05, 0.1) is 0 Å². The van der Waals surface area contributed by atoms with E-state index in [2.05, 4.69) is 16.9 Å². The number of hydrogen-bond acceptors (Lipinski definition) is 4. The molecular weight excluding hydrogens is 394 g/mol. The van der Waals surface area contributed by atoms with Crippen LogP contribution in [0.4, 0.5) is 5.13 Å². The number of fused-ring (bicyclic) bond motifs is 1. The number of nitrogens with zero attached hydrogens (tertiary/aromatic N) is 2. The summed E-state index contributed by atoms with van der Waals surface area (Å²) in [4.78, 5) is 31.6. The van der Waals surface area contributed by atoms with E-state index in [1.54, 1.807) is 18.3 Å². The first kappa shape index (κ1) is 18.4. The molecule has 0 saturated carbocycles. The first-order chi connectivity index (χ1) is 13.5. The van der Waals surface area contributed by atoms with E-state index in [4.69, 9.17) is 11.6 Å². The SMILES string of the molecule is C=C1c2ccccc2C(=O)N1CC(=O)Nc1ncc(Cc2cccc(Cl)c2)s1. The van der Waals surface area contributed by atoms with Gasteiger partial charge in [-0.05, 0) is 23.8 Å². The van der Waals surface area contributed by atoms with Crippen LogP contribution in [-0.4, -0.2) is 28.2 Å². The summed E-state index contributed by atoms with van der Waals surface area (Å²) >= 11 is 7.41. The molecule has 0 aliphatic carbocycles. The van der Waals surface area contributed by atoms with Crippen LogP contribution in [0.5, 0.6) is 0 Å². The van der Waals surface area contributed by atoms with Crippen LogP contribution in [0.3, 0.4) is 0 Å². The van der Waals surface area contributed by atoms with Crippen LogP contribution in [0, 0.1) is 0 Å². The largest absolute Gasteiger partial charge is 0.300 e. The van der Waals surface area contributed by atoms with Crippen molar-refractivity contribution in [3.63, 3.8) is 0 Å². The van der Waals surface area contributed by atoms with Crippen molar-refractivity contribution in [3.8, 4) is 0 Å². The number of carbonyl (C=O) groups excluding carboxylic acids is 2. The average Bonchev–Trinajstić information content (AvgIpc) is 3.20. The van der Waals surface area contributed by atoms with Crippen molar-refractivity contribution in [2.24, 2.45) is 0 Å². The van der Waals surface area contributed by atoms with Crippen molar-refractivity contribution in [1.29, 1.82) is 0 Å². The highest BCUT2D eigenvalue weighted by Gasteiger charge is 2.31. The molecule has 1 aliphatic rings. The Labute approximate surface area is 171 Å². The fourth-order valence-electron chi connectivity index (χ4n) is 3.10. The van der Waals surface area contributed by atoms with Crippen molar-refractivity contribution >= 4 is 45.6 Å². The molecule has 2 amide bonds. The molecule has 4 rings (SSSR count). The highest BCUT2D eigenvalue weighted by molar-refractivity contribution is 7.15. The van der Waals surface area contributed by atoms with Gasteiger partial charge < -0.3 is 5.32 Å². The lowest BCUT2D eigenvalue weighted by molar-refractivity contribution is -0.116. The Kier molecular flexibility index (Phi) is 4.98. The van der Waals surface area contributed by atoms with E-state index in [0.717, 1.165) is 16.0 Å². The number of nitrogens with one attached hydrogen (secondary N) is 1. The van der Waals surface area contributed by atoms with Crippen LogP contribution in [0.15, 0.2) is 61.3 Å². The standard InChI is InChI=1S/C21H16ClN3O2S/c1-13-17-7-2-3-8-18(17)20(27)25(13)12-19(26)24-21-23-11-16(28-21)10-14-5-4-6-15(22)9-14/h2-9,11H,1,10,12H2,(H,23,24,26). The first-order valence-corrected chi connectivity index (χ1v) is 9.80. The molecule has 0 bridgehead atoms. The van der Waals surface area contributed by atoms with Gasteiger partial charge in [-0.25, -0.2) is 4.98 Å². The van der Waals surface area contributed by atoms with E-state index in [-0.39, 0.29) is 18.4 Å². The van der Waals surface area contributed by atoms with Gasteiger partial charge in [-0.3, -0.25) is 14.5 Å². The fraction of sp³-hybridized carbons (Fsp3) is 0.0952. The van der Waals surface area contributed by atoms with Gasteiger partial charge >= 0.3 is 0 Å². The number of hydrogen-bond donors (Lipinski definition) is 1. The van der Waals surface area contributed by atoms with Gasteiger partial charge in [0.25, 0.3) is 5.91 Å². The third-order valence-electron chi connectivity index (χ3n) is 4.41. The number of benzene rings is 2. The normalized spacial score (nSPS) is 13.0. The highest BCUT2D eigenvalue weighted by atomic mass is 35.5. The minimum absolute atomic E-state index is 0.102. The molecule has 5 nitrogen and oxygen atoms in total. The molecule has 0 fully saturated rings. The Balaban J connectivity index is 1.39. The zero-order valence-corrected chi connectivity index (χ0v) is 16.4. The first-order valence-electron chi connectivity index (χ1n) is 8.60. The smallest absolute Gasteiger partial charge is 0.259 e. The number of rotatable bonds is 5. The van der Waals surface area contributed by atoms with Gasteiger partial charge in [-0.15, -0.1) is 11.3 Å². The van der Waals surface area contributed by atoms with Gasteiger partial charge in [-0.2, -0.15) is 0 Å². The number of anilines is 1. The predicted octanol–water partition coefficient (Wildman–Crippen LogP) is 4.45. The second-order valence-electron chi connectivity index (χ2n) is 6.37. The minimum atomic E-state index is -0.314. The molecule has 0 unspecified atom stereocenters. The maximum absolute atomic E-state index is 12.5. The maximum Gasteiger partial charge on any atom is 0.259 e. The monoisotopic (exact) mass is 409 g/mol. The van der Waals surface area contributed by atoms with Crippen LogP contribution in [0.25, 0.3) is 5.70 Å². The van der Waals surface area contributed by atoms with E-state index in [0.29, 0.717) is 27.8 Å². The summed E-state index contributed by atoms with van der Waals surface area (Å²) in [6.07, 6.45) is 2.42. The van der Waals surface area contributed by atoms with E-state index in [1.807, 2.05) is 36.4 Å². The number of thiazole rings is 1. The quantitative estimate of drug-likeness (QED) is 0.677. The number of amides is 2. The van der Waals surface area contributed by atoms with Gasteiger partial charge in [-0.1, -0.05) is 48.5 Å². The highest BCUT2D eigenvalue weighted by Crippen LogP contribution is 2.31. The molecule has 0 atom stereocenters. The molecule has 28 heavy (non-hydrogen) atoms. The summed E-state index contributed by atoms with van der Waals surface area (Å²) in [6.45, 7) is 3.85. The topological polar surface area (TPSA) is 62.3 Å². The Morgan fingerprint density at radius 3 is 2.71 bits per heavy atom. The molecular formula is C21H16ClN3O2S. The predicted molar refractivity (Wildman–Crippen MR) is 112 cm³/mol. The summed E-state index contributed by atoms with van der Waals surface area (Å²) in [5.41, 5.74) is 2.94. The molecule has 2 heterocycles. The molecule has 3 aromatic rings. The molecule has 0 saturated heterocycles. The molecule has 2 aromatic carbocycles. The van der Waals surface area contributed by atoms with Gasteiger partial charge in [0.1, 0.15) is 6.54 Å². The van der Waals surface area contributed by atoms with Crippen LogP contribution in [-0.2, 0) is 11.2 Å². The summed E-state index contributed by atoms with van der Waals surface area (Å²) in [7, 11) is 0. The summed E-state index contributed by atoms with van der Waals surface area (Å²) in [6, 6.07) is 14.8. The third-order valence-corrected chi connectivity index (χ3v) is 5.56. The molecule has 0 radical (unpaired) electrons. The summed E-state index contributed by atoms with van der Waals surface area (Å²) in [5.74, 6) is -0.525. The molecule has 140 valence electrons. The minimum Gasteiger partial charge on any atom is -0.300 e. The molecule has 0 spiro atoms. The number of aromatic nitrogens is 1. The summed E-state index contributed by atoms with van der Waals surface area (Å²) < 4.78 is 0. The van der Waals surface area contributed by atoms with Crippen LogP contribution < -0.4 is 5.32 Å². The van der Waals surface area contributed by atoms with Crippen molar-refractivity contribution in [3.05, 3.63) is 87.9 Å². The Morgan fingerprint density at radius 1 is 1.18 bits per heavy atom. The van der Waals surface area contributed by atoms with E-state index in [1.165, 1.54) is 16.2 Å². The lowest BCUT2D eigenvalue weighted by Crippen LogP contribution is -2.32. The Hall–Kier alpha value is -2.96. The lowest BCUT2D eigenvalue weighted by Gasteiger charge is -2.16. The molecule has 7 heteroatoms. The van der Waals surface area contributed by atoms with Crippen LogP contribution >= 0.6 is 22.9 Å². The zero-order valence-electron chi connectivity index (χ0n) is 14.8. The van der Waals surface area contributed by atoms with E-state index < -0.39 is 0 Å². The fourth-order valence-corrected chi connectivity index (χ4v) is 4.18.